The van der Waals surface area contributed by atoms with Crippen LogP contribution in [0.15, 0.2) is 30.8 Å². The number of rotatable bonds is 12. The number of nitrogens with zero attached hydrogens (tertiary/aromatic N) is 2. The molecular formula is C28H42N4O4. The van der Waals surface area contributed by atoms with Crippen LogP contribution in [0.1, 0.15) is 84.9 Å². The fraction of sp³-hybridized carbons (Fsp3) is 0.571. The highest BCUT2D eigenvalue weighted by Crippen LogP contribution is 2.26. The van der Waals surface area contributed by atoms with E-state index in [4.69, 9.17) is 4.74 Å². The predicted molar refractivity (Wildman–Crippen MR) is 142 cm³/mol. The maximum atomic E-state index is 13.9. The van der Waals surface area contributed by atoms with Gasteiger partial charge in [0.2, 0.25) is 11.8 Å². The second-order valence-corrected chi connectivity index (χ2v) is 10.1. The largest absolute Gasteiger partial charge is 0.444 e. The number of ether oxygens (including phenoxy) is 1. The van der Waals surface area contributed by atoms with Crippen LogP contribution in [0.5, 0.6) is 0 Å². The first-order chi connectivity index (χ1) is 16.9. The minimum absolute atomic E-state index is 0.114. The Hall–Kier alpha value is -3.34. The fourth-order valence-corrected chi connectivity index (χ4v) is 3.82. The van der Waals surface area contributed by atoms with E-state index in [0.29, 0.717) is 12.0 Å². The lowest BCUT2D eigenvalue weighted by Crippen LogP contribution is -2.55. The molecule has 0 aliphatic carbocycles. The minimum Gasteiger partial charge on any atom is -0.444 e. The van der Waals surface area contributed by atoms with Crippen molar-refractivity contribution in [1.82, 2.24) is 15.5 Å². The average Bonchev–Trinajstić information content (AvgIpc) is 2.80. The lowest BCUT2D eigenvalue weighted by Gasteiger charge is -2.35. The van der Waals surface area contributed by atoms with Crippen LogP contribution < -0.4 is 10.6 Å². The van der Waals surface area contributed by atoms with Gasteiger partial charge in [0.25, 0.3) is 0 Å². The van der Waals surface area contributed by atoms with Crippen LogP contribution in [0.25, 0.3) is 6.08 Å². The van der Waals surface area contributed by atoms with E-state index in [1.807, 2.05) is 39.8 Å². The third-order valence-corrected chi connectivity index (χ3v) is 5.81. The SMILES string of the molecule is C=Cc1cccc(C(C(=O)NC(C)CCC)N(CC#N)C(=O)C(NC(=O)OC(C)(C)C)C(C)CC)c1. The number of nitrogens with one attached hydrogen (secondary N) is 2. The quantitative estimate of drug-likeness (QED) is 0.395. The number of amides is 3. The molecule has 3 amide bonds. The van der Waals surface area contributed by atoms with Gasteiger partial charge in [-0.2, -0.15) is 5.26 Å². The molecule has 1 aromatic carbocycles. The molecule has 8 heteroatoms. The number of carbonyl (C=O) groups is 3. The van der Waals surface area contributed by atoms with Crippen LogP contribution >= 0.6 is 0 Å². The number of nitriles is 1. The molecule has 36 heavy (non-hydrogen) atoms. The number of carbonyl (C=O) groups excluding carboxylic acids is 3. The molecule has 198 valence electrons. The van der Waals surface area contributed by atoms with E-state index in [0.717, 1.165) is 18.4 Å². The maximum Gasteiger partial charge on any atom is 0.408 e. The number of alkyl carbamates (subject to hydrolysis) is 1. The summed E-state index contributed by atoms with van der Waals surface area (Å²) in [7, 11) is 0. The van der Waals surface area contributed by atoms with Gasteiger partial charge in [0, 0.05) is 6.04 Å². The van der Waals surface area contributed by atoms with Gasteiger partial charge in [-0.25, -0.2) is 4.79 Å². The van der Waals surface area contributed by atoms with Crippen molar-refractivity contribution in [3.8, 4) is 6.07 Å². The molecule has 8 nitrogen and oxygen atoms in total. The molecule has 0 aliphatic rings. The Morgan fingerprint density at radius 2 is 1.86 bits per heavy atom. The maximum absolute atomic E-state index is 13.9. The summed E-state index contributed by atoms with van der Waals surface area (Å²) in [6.45, 7) is 16.3. The van der Waals surface area contributed by atoms with Gasteiger partial charge in [-0.1, -0.05) is 64.5 Å². The lowest BCUT2D eigenvalue weighted by molar-refractivity contribution is -0.143. The number of benzene rings is 1. The molecular weight excluding hydrogens is 456 g/mol. The minimum atomic E-state index is -1.07. The summed E-state index contributed by atoms with van der Waals surface area (Å²) < 4.78 is 5.38. The van der Waals surface area contributed by atoms with Crippen LogP contribution in [-0.4, -0.2) is 47.0 Å². The van der Waals surface area contributed by atoms with Gasteiger partial charge in [-0.15, -0.1) is 0 Å². The van der Waals surface area contributed by atoms with Gasteiger partial charge >= 0.3 is 6.09 Å². The third kappa shape index (κ3) is 9.37. The van der Waals surface area contributed by atoms with E-state index in [9.17, 15) is 19.6 Å². The van der Waals surface area contributed by atoms with Crippen molar-refractivity contribution in [1.29, 1.82) is 5.26 Å². The number of hydrogen-bond donors (Lipinski definition) is 2. The highest BCUT2D eigenvalue weighted by molar-refractivity contribution is 5.92. The van der Waals surface area contributed by atoms with E-state index in [1.165, 1.54) is 4.90 Å². The fourth-order valence-electron chi connectivity index (χ4n) is 3.82. The molecule has 0 aromatic heterocycles. The third-order valence-electron chi connectivity index (χ3n) is 5.81. The van der Waals surface area contributed by atoms with E-state index in [-0.39, 0.29) is 24.4 Å². The first-order valence-electron chi connectivity index (χ1n) is 12.6. The van der Waals surface area contributed by atoms with Crippen molar-refractivity contribution in [2.45, 2.75) is 91.5 Å². The Kier molecular flexibility index (Phi) is 12.2. The zero-order valence-corrected chi connectivity index (χ0v) is 22.8. The summed E-state index contributed by atoms with van der Waals surface area (Å²) in [5, 5.41) is 15.3. The first-order valence-corrected chi connectivity index (χ1v) is 12.6. The van der Waals surface area contributed by atoms with Crippen LogP contribution in [0, 0.1) is 17.2 Å². The molecule has 4 atom stereocenters. The summed E-state index contributed by atoms with van der Waals surface area (Å²) in [6.07, 6.45) is 3.16. The monoisotopic (exact) mass is 498 g/mol. The molecule has 1 aromatic rings. The van der Waals surface area contributed by atoms with E-state index in [2.05, 4.69) is 17.2 Å². The Morgan fingerprint density at radius 1 is 1.19 bits per heavy atom. The van der Waals surface area contributed by atoms with Crippen molar-refractivity contribution in [2.75, 3.05) is 6.54 Å². The van der Waals surface area contributed by atoms with E-state index < -0.39 is 29.7 Å². The molecule has 0 bridgehead atoms. The lowest BCUT2D eigenvalue weighted by atomic mass is 9.95. The second kappa shape index (κ2) is 14.3. The van der Waals surface area contributed by atoms with Gasteiger partial charge in [0.05, 0.1) is 6.07 Å². The van der Waals surface area contributed by atoms with Crippen LogP contribution in [-0.2, 0) is 14.3 Å². The Morgan fingerprint density at radius 3 is 2.39 bits per heavy atom. The van der Waals surface area contributed by atoms with Gasteiger partial charge in [-0.3, -0.25) is 9.59 Å². The highest BCUT2D eigenvalue weighted by atomic mass is 16.6. The average molecular weight is 499 g/mol. The molecule has 2 N–H and O–H groups in total. The van der Waals surface area contributed by atoms with E-state index in [1.54, 1.807) is 45.0 Å². The molecule has 0 aliphatic heterocycles. The summed E-state index contributed by atoms with van der Waals surface area (Å²) >= 11 is 0. The highest BCUT2D eigenvalue weighted by Gasteiger charge is 2.38. The van der Waals surface area contributed by atoms with Gasteiger partial charge in [-0.05, 0) is 57.2 Å². The van der Waals surface area contributed by atoms with Crippen molar-refractivity contribution < 1.29 is 19.1 Å². The standard InChI is InChI=1S/C28H42N4O4/c1-9-13-20(5)30-25(33)24(22-15-12-14-21(11-3)18-22)32(17-16-29)26(34)23(19(4)10-2)31-27(35)36-28(6,7)8/h11-12,14-15,18-20,23-24H,3,9-10,13,17H2,1-2,4-8H3,(H,30,33)(H,31,35). The Balaban J connectivity index is 3.52. The molecule has 0 fully saturated rings. The molecule has 0 radical (unpaired) electrons. The van der Waals surface area contributed by atoms with Crippen LogP contribution in [0.4, 0.5) is 4.79 Å². The zero-order chi connectivity index (χ0) is 27.5. The summed E-state index contributed by atoms with van der Waals surface area (Å²) in [6, 6.07) is 7.01. The van der Waals surface area contributed by atoms with Crippen molar-refractivity contribution in [2.24, 2.45) is 5.92 Å². The summed E-state index contributed by atoms with van der Waals surface area (Å²) in [4.78, 5) is 41.3. The normalized spacial score (nSPS) is 14.4. The van der Waals surface area contributed by atoms with Crippen LogP contribution in [0.3, 0.4) is 0 Å². The predicted octanol–water partition coefficient (Wildman–Crippen LogP) is 4.97. The van der Waals surface area contributed by atoms with Crippen LogP contribution in [0.2, 0.25) is 0 Å². The Labute approximate surface area is 216 Å². The summed E-state index contributed by atoms with van der Waals surface area (Å²) in [5.41, 5.74) is 0.585. The molecule has 1 rings (SSSR count). The van der Waals surface area contributed by atoms with Gasteiger partial charge in [0.1, 0.15) is 24.2 Å². The number of hydrogen-bond acceptors (Lipinski definition) is 5. The smallest absolute Gasteiger partial charge is 0.408 e. The molecule has 0 heterocycles. The van der Waals surface area contributed by atoms with Gasteiger partial charge in [0.15, 0.2) is 0 Å². The zero-order valence-electron chi connectivity index (χ0n) is 22.8. The molecule has 0 spiro atoms. The molecule has 0 saturated carbocycles. The van der Waals surface area contributed by atoms with Crippen molar-refractivity contribution in [3.63, 3.8) is 0 Å². The van der Waals surface area contributed by atoms with Gasteiger partial charge < -0.3 is 20.3 Å². The van der Waals surface area contributed by atoms with Crippen molar-refractivity contribution in [3.05, 3.63) is 42.0 Å². The van der Waals surface area contributed by atoms with E-state index >= 15 is 0 Å². The second-order valence-electron chi connectivity index (χ2n) is 10.1. The van der Waals surface area contributed by atoms with Crippen molar-refractivity contribution >= 4 is 24.0 Å². The molecule has 0 saturated heterocycles. The topological polar surface area (TPSA) is 112 Å². The molecule has 4 unspecified atom stereocenters. The first kappa shape index (κ1) is 30.7. The summed E-state index contributed by atoms with van der Waals surface area (Å²) in [5.74, 6) is -1.18. The Bertz CT molecular complexity index is 948.